The summed E-state index contributed by atoms with van der Waals surface area (Å²) in [6, 6.07) is 11.6. The third-order valence-corrected chi connectivity index (χ3v) is 8.66. The van der Waals surface area contributed by atoms with Gasteiger partial charge < -0.3 is 14.2 Å². The van der Waals surface area contributed by atoms with Gasteiger partial charge in [0.05, 0.1) is 37.2 Å². The molecule has 0 bridgehead atoms. The molecule has 1 aliphatic rings. The Balaban J connectivity index is 0.00000380. The van der Waals surface area contributed by atoms with Crippen LogP contribution in [-0.2, 0) is 9.53 Å². The lowest BCUT2D eigenvalue weighted by Gasteiger charge is -2.27. The van der Waals surface area contributed by atoms with Gasteiger partial charge >= 0.3 is 0 Å². The first kappa shape index (κ1) is 29.8. The van der Waals surface area contributed by atoms with Crippen molar-refractivity contribution >= 4 is 68.4 Å². The van der Waals surface area contributed by atoms with E-state index in [0.29, 0.717) is 34.4 Å². The van der Waals surface area contributed by atoms with Crippen LogP contribution in [0.15, 0.2) is 41.3 Å². The van der Waals surface area contributed by atoms with E-state index in [2.05, 4.69) is 4.90 Å². The number of hydrogen-bond acceptors (Lipinski definition) is 8. The number of anilines is 1. The molecule has 0 radical (unpaired) electrons. The van der Waals surface area contributed by atoms with Crippen molar-refractivity contribution in [1.29, 1.82) is 0 Å². The Morgan fingerprint density at radius 2 is 1.89 bits per heavy atom. The van der Waals surface area contributed by atoms with Crippen LogP contribution >= 0.6 is 47.1 Å². The van der Waals surface area contributed by atoms with E-state index in [9.17, 15) is 4.79 Å². The lowest BCUT2D eigenvalue weighted by atomic mass is 10.2. The number of carbonyl (C=O) groups excluding carboxylic acids is 1. The number of halogens is 2. The van der Waals surface area contributed by atoms with Crippen molar-refractivity contribution in [3.05, 3.63) is 41.4 Å². The molecule has 1 aromatic heterocycles. The summed E-state index contributed by atoms with van der Waals surface area (Å²) in [5, 5.41) is 1.29. The van der Waals surface area contributed by atoms with Gasteiger partial charge in [-0.2, -0.15) is 0 Å². The zero-order valence-corrected chi connectivity index (χ0v) is 24.3. The molecule has 37 heavy (non-hydrogen) atoms. The number of amides is 1. The van der Waals surface area contributed by atoms with Gasteiger partial charge in [-0.05, 0) is 55.0 Å². The van der Waals surface area contributed by atoms with Crippen LogP contribution < -0.4 is 14.4 Å². The first-order chi connectivity index (χ1) is 17.6. The Labute approximate surface area is 237 Å². The minimum absolute atomic E-state index is 0. The number of morpholine rings is 1. The van der Waals surface area contributed by atoms with Gasteiger partial charge in [0, 0.05) is 37.5 Å². The van der Waals surface area contributed by atoms with Gasteiger partial charge in [0.1, 0.15) is 17.0 Å². The van der Waals surface area contributed by atoms with E-state index in [-0.39, 0.29) is 18.3 Å². The Morgan fingerprint density at radius 3 is 2.59 bits per heavy atom. The van der Waals surface area contributed by atoms with Gasteiger partial charge in [0.15, 0.2) is 5.13 Å². The average molecular weight is 587 g/mol. The topological polar surface area (TPSA) is 64.1 Å². The average Bonchev–Trinajstić information content (AvgIpc) is 3.36. The van der Waals surface area contributed by atoms with Crippen molar-refractivity contribution in [2.45, 2.75) is 24.2 Å². The maximum absolute atomic E-state index is 13.4. The molecular formula is C26H33Cl2N3O4S2. The van der Waals surface area contributed by atoms with E-state index in [0.717, 1.165) is 61.9 Å². The Bertz CT molecular complexity index is 1140. The number of rotatable bonds is 12. The van der Waals surface area contributed by atoms with Crippen molar-refractivity contribution in [3.63, 3.8) is 0 Å². The molecule has 1 fully saturated rings. The van der Waals surface area contributed by atoms with E-state index in [1.54, 1.807) is 26.0 Å². The van der Waals surface area contributed by atoms with Gasteiger partial charge in [-0.25, -0.2) is 4.98 Å². The quantitative estimate of drug-likeness (QED) is 0.190. The normalized spacial score (nSPS) is 13.8. The highest BCUT2D eigenvalue weighted by molar-refractivity contribution is 7.99. The minimum Gasteiger partial charge on any atom is -0.497 e. The summed E-state index contributed by atoms with van der Waals surface area (Å²) < 4.78 is 17.0. The summed E-state index contributed by atoms with van der Waals surface area (Å²) in [5.41, 5.74) is 0.700. The number of nitrogens with zero attached hydrogens (tertiary/aromatic N) is 3. The van der Waals surface area contributed by atoms with Gasteiger partial charge in [-0.1, -0.05) is 22.9 Å². The van der Waals surface area contributed by atoms with E-state index in [1.165, 1.54) is 16.2 Å². The zero-order valence-electron chi connectivity index (χ0n) is 21.1. The zero-order chi connectivity index (χ0) is 25.3. The Hall–Kier alpha value is -1.75. The first-order valence-corrected chi connectivity index (χ1v) is 14.3. The molecule has 1 amide bonds. The van der Waals surface area contributed by atoms with Crippen LogP contribution in [0.25, 0.3) is 10.2 Å². The van der Waals surface area contributed by atoms with Gasteiger partial charge in [-0.3, -0.25) is 14.6 Å². The molecule has 0 spiro atoms. The number of carbonyl (C=O) groups is 1. The van der Waals surface area contributed by atoms with Crippen molar-refractivity contribution in [3.8, 4) is 11.5 Å². The number of aromatic nitrogens is 1. The van der Waals surface area contributed by atoms with E-state index in [4.69, 9.17) is 30.8 Å². The minimum atomic E-state index is 0. The maximum Gasteiger partial charge on any atom is 0.228 e. The van der Waals surface area contributed by atoms with E-state index < -0.39 is 0 Å². The lowest BCUT2D eigenvalue weighted by molar-refractivity contribution is -0.118. The highest BCUT2D eigenvalue weighted by Gasteiger charge is 2.22. The van der Waals surface area contributed by atoms with Crippen LogP contribution in [0, 0.1) is 0 Å². The highest BCUT2D eigenvalue weighted by Crippen LogP contribution is 2.39. The predicted molar refractivity (Wildman–Crippen MR) is 156 cm³/mol. The van der Waals surface area contributed by atoms with Crippen LogP contribution in [0.2, 0.25) is 5.02 Å². The molecule has 0 unspecified atom stereocenters. The SMILES string of the molecule is COc1ccc(SCCCC(=O)N(CCCN2CCOCC2)c2nc3c(OC)ccc(Cl)c3s2)cc1.Cl. The summed E-state index contributed by atoms with van der Waals surface area (Å²) in [6.45, 7) is 4.95. The summed E-state index contributed by atoms with van der Waals surface area (Å²) in [6.07, 6.45) is 2.11. The fourth-order valence-electron chi connectivity index (χ4n) is 4.05. The molecule has 0 aliphatic carbocycles. The van der Waals surface area contributed by atoms with Crippen molar-refractivity contribution in [1.82, 2.24) is 9.88 Å². The third kappa shape index (κ3) is 8.12. The molecule has 2 aromatic carbocycles. The van der Waals surface area contributed by atoms with Crippen LogP contribution in [0.4, 0.5) is 5.13 Å². The van der Waals surface area contributed by atoms with Crippen molar-refractivity contribution in [2.75, 3.05) is 64.3 Å². The summed E-state index contributed by atoms with van der Waals surface area (Å²) >= 11 is 9.64. The third-order valence-electron chi connectivity index (χ3n) is 6.02. The second kappa shape index (κ2) is 15.0. The van der Waals surface area contributed by atoms with E-state index >= 15 is 0 Å². The fraction of sp³-hybridized carbons (Fsp3) is 0.462. The molecule has 7 nitrogen and oxygen atoms in total. The number of fused-ring (bicyclic) bond motifs is 1. The molecule has 0 atom stereocenters. The number of benzene rings is 2. The molecule has 2 heterocycles. The molecule has 0 saturated carbocycles. The number of hydrogen-bond donors (Lipinski definition) is 0. The molecule has 202 valence electrons. The molecule has 1 saturated heterocycles. The number of thiazole rings is 1. The molecular weight excluding hydrogens is 553 g/mol. The van der Waals surface area contributed by atoms with Gasteiger partial charge in [-0.15, -0.1) is 24.2 Å². The summed E-state index contributed by atoms with van der Waals surface area (Å²) in [7, 11) is 3.28. The van der Waals surface area contributed by atoms with Crippen LogP contribution in [-0.4, -0.2) is 75.2 Å². The monoisotopic (exact) mass is 585 g/mol. The molecule has 0 N–H and O–H groups in total. The van der Waals surface area contributed by atoms with E-state index in [1.807, 2.05) is 41.3 Å². The first-order valence-electron chi connectivity index (χ1n) is 12.1. The van der Waals surface area contributed by atoms with Crippen LogP contribution in [0.3, 0.4) is 0 Å². The second-order valence-electron chi connectivity index (χ2n) is 8.40. The number of ether oxygens (including phenoxy) is 3. The van der Waals surface area contributed by atoms with Crippen LogP contribution in [0.5, 0.6) is 11.5 Å². The molecule has 3 aromatic rings. The molecule has 1 aliphatic heterocycles. The number of thioether (sulfide) groups is 1. The molecule has 4 rings (SSSR count). The maximum atomic E-state index is 13.4. The van der Waals surface area contributed by atoms with Crippen molar-refractivity contribution < 1.29 is 19.0 Å². The Morgan fingerprint density at radius 1 is 1.14 bits per heavy atom. The largest absolute Gasteiger partial charge is 0.497 e. The van der Waals surface area contributed by atoms with Gasteiger partial charge in [0.2, 0.25) is 5.91 Å². The Kier molecular flexibility index (Phi) is 12.1. The van der Waals surface area contributed by atoms with Crippen molar-refractivity contribution in [2.24, 2.45) is 0 Å². The second-order valence-corrected chi connectivity index (χ2v) is 11.0. The van der Waals surface area contributed by atoms with Gasteiger partial charge in [0.25, 0.3) is 0 Å². The fourth-order valence-corrected chi connectivity index (χ4v) is 6.20. The molecule has 11 heteroatoms. The van der Waals surface area contributed by atoms with Crippen LogP contribution in [0.1, 0.15) is 19.3 Å². The summed E-state index contributed by atoms with van der Waals surface area (Å²) in [4.78, 5) is 23.6. The summed E-state index contributed by atoms with van der Waals surface area (Å²) in [5.74, 6) is 2.45. The lowest BCUT2D eigenvalue weighted by Crippen LogP contribution is -2.39. The predicted octanol–water partition coefficient (Wildman–Crippen LogP) is 6.02. The number of methoxy groups -OCH3 is 2. The highest BCUT2D eigenvalue weighted by atomic mass is 35.5. The smallest absolute Gasteiger partial charge is 0.228 e. The standard InChI is InChI=1S/C26H32ClN3O4S2.ClH/c1-32-19-6-8-20(9-7-19)35-18-3-5-23(31)30(13-4-12-29-14-16-34-17-15-29)26-28-24-22(33-2)11-10-21(27)25(24)36-26;/h6-11H,3-5,12-18H2,1-2H3;1H.